The van der Waals surface area contributed by atoms with E-state index in [9.17, 15) is 8.42 Å². The molecule has 1 aromatic heterocycles. The van der Waals surface area contributed by atoms with Gasteiger partial charge >= 0.3 is 0 Å². The number of imidazole rings is 1. The number of nitrogens with one attached hydrogen (secondary N) is 1. The highest BCUT2D eigenvalue weighted by molar-refractivity contribution is 7.89. The van der Waals surface area contributed by atoms with E-state index in [2.05, 4.69) is 28.7 Å². The zero-order valence-electron chi connectivity index (χ0n) is 12.2. The summed E-state index contributed by atoms with van der Waals surface area (Å²) < 4.78 is 24.7. The monoisotopic (exact) mass is 308 g/mol. The number of primary sulfonamides is 1. The molecule has 0 amide bonds. The van der Waals surface area contributed by atoms with E-state index >= 15 is 0 Å². The number of aromatic nitrogens is 2. The lowest BCUT2D eigenvalue weighted by Crippen LogP contribution is -2.17. The predicted octanol–water partition coefficient (Wildman–Crippen LogP) is 1.40. The Morgan fingerprint density at radius 1 is 1.33 bits per heavy atom. The molecule has 0 atom stereocenters. The van der Waals surface area contributed by atoms with Crippen molar-refractivity contribution in [3.63, 3.8) is 0 Å². The number of sulfonamides is 1. The average Bonchev–Trinajstić information content (AvgIpc) is 2.87. The second kappa shape index (κ2) is 6.38. The van der Waals surface area contributed by atoms with Crippen LogP contribution in [0.3, 0.4) is 0 Å². The second-order valence-electron chi connectivity index (χ2n) is 5.18. The van der Waals surface area contributed by atoms with Gasteiger partial charge in [0.15, 0.2) is 0 Å². The molecule has 0 aliphatic rings. The maximum Gasteiger partial charge on any atom is 0.238 e. The van der Waals surface area contributed by atoms with E-state index in [4.69, 9.17) is 5.14 Å². The van der Waals surface area contributed by atoms with Gasteiger partial charge in [-0.2, -0.15) is 0 Å². The van der Waals surface area contributed by atoms with Crippen LogP contribution in [0.25, 0.3) is 0 Å². The van der Waals surface area contributed by atoms with E-state index < -0.39 is 10.0 Å². The third kappa shape index (κ3) is 4.13. The molecular weight excluding hydrogens is 288 g/mol. The molecule has 0 saturated carbocycles. The molecule has 3 N–H and O–H groups in total. The lowest BCUT2D eigenvalue weighted by Gasteiger charge is -2.12. The fourth-order valence-corrected chi connectivity index (χ4v) is 2.69. The van der Waals surface area contributed by atoms with Crippen molar-refractivity contribution in [2.24, 2.45) is 5.14 Å². The van der Waals surface area contributed by atoms with Crippen LogP contribution in [0.2, 0.25) is 0 Å². The highest BCUT2D eigenvalue weighted by Gasteiger charge is 2.08. The quantitative estimate of drug-likeness (QED) is 0.844. The van der Waals surface area contributed by atoms with Crippen LogP contribution in [0.5, 0.6) is 0 Å². The highest BCUT2D eigenvalue weighted by atomic mass is 32.2. The molecule has 0 fully saturated rings. The van der Waals surface area contributed by atoms with Crippen LogP contribution in [0.15, 0.2) is 41.7 Å². The van der Waals surface area contributed by atoms with E-state index in [1.165, 1.54) is 6.07 Å². The standard InChI is InChI=1S/C14H20N4O2S/c1-11(2)18-10-17-9-13(18)8-16-7-12-4-3-5-14(6-12)21(15,19)20/h3-6,9-11,16H,7-8H2,1-2H3,(H2,15,19,20). The Kier molecular flexibility index (Phi) is 4.76. The smallest absolute Gasteiger partial charge is 0.238 e. The fourth-order valence-electron chi connectivity index (χ4n) is 2.10. The van der Waals surface area contributed by atoms with Gasteiger partial charge in [-0.1, -0.05) is 12.1 Å². The molecule has 7 heteroatoms. The maximum atomic E-state index is 11.3. The summed E-state index contributed by atoms with van der Waals surface area (Å²) in [6.45, 7) is 5.42. The molecule has 0 spiro atoms. The molecule has 0 aliphatic carbocycles. The van der Waals surface area contributed by atoms with E-state index in [0.717, 1.165) is 11.3 Å². The molecule has 0 saturated heterocycles. The molecule has 1 heterocycles. The number of hydrogen-bond acceptors (Lipinski definition) is 4. The summed E-state index contributed by atoms with van der Waals surface area (Å²) in [6, 6.07) is 6.99. The zero-order valence-corrected chi connectivity index (χ0v) is 13.0. The Labute approximate surface area is 125 Å². The third-order valence-corrected chi connectivity index (χ3v) is 4.08. The van der Waals surface area contributed by atoms with Crippen molar-refractivity contribution >= 4 is 10.0 Å². The normalized spacial score (nSPS) is 12.0. The van der Waals surface area contributed by atoms with Gasteiger partial charge in [0.1, 0.15) is 0 Å². The van der Waals surface area contributed by atoms with E-state index in [1.807, 2.05) is 18.6 Å². The van der Waals surface area contributed by atoms with Gasteiger partial charge in [0.05, 0.1) is 16.9 Å². The van der Waals surface area contributed by atoms with Crippen molar-refractivity contribution in [3.8, 4) is 0 Å². The van der Waals surface area contributed by atoms with Crippen LogP contribution >= 0.6 is 0 Å². The Morgan fingerprint density at radius 2 is 2.10 bits per heavy atom. The van der Waals surface area contributed by atoms with Crippen molar-refractivity contribution in [2.75, 3.05) is 0 Å². The largest absolute Gasteiger partial charge is 0.331 e. The van der Waals surface area contributed by atoms with Gasteiger partial charge in [0, 0.05) is 25.3 Å². The van der Waals surface area contributed by atoms with Crippen molar-refractivity contribution in [2.45, 2.75) is 37.9 Å². The first-order valence-corrected chi connectivity index (χ1v) is 8.25. The Hall–Kier alpha value is -1.70. The molecule has 0 bridgehead atoms. The molecule has 21 heavy (non-hydrogen) atoms. The van der Waals surface area contributed by atoms with Gasteiger partial charge in [-0.3, -0.25) is 0 Å². The fraction of sp³-hybridized carbons (Fsp3) is 0.357. The molecule has 0 radical (unpaired) electrons. The van der Waals surface area contributed by atoms with Crippen LogP contribution < -0.4 is 10.5 Å². The van der Waals surface area contributed by atoms with Gasteiger partial charge in [0.2, 0.25) is 10.0 Å². The number of hydrogen-bond donors (Lipinski definition) is 2. The number of benzene rings is 1. The van der Waals surface area contributed by atoms with Crippen LogP contribution in [-0.4, -0.2) is 18.0 Å². The van der Waals surface area contributed by atoms with E-state index in [-0.39, 0.29) is 4.90 Å². The third-order valence-electron chi connectivity index (χ3n) is 3.16. The molecule has 2 aromatic rings. The van der Waals surface area contributed by atoms with Crippen LogP contribution in [0, 0.1) is 0 Å². The van der Waals surface area contributed by atoms with Gasteiger partial charge in [-0.15, -0.1) is 0 Å². The SMILES string of the molecule is CC(C)n1cncc1CNCc1cccc(S(N)(=O)=O)c1. The topological polar surface area (TPSA) is 90.0 Å². The molecule has 114 valence electrons. The maximum absolute atomic E-state index is 11.3. The molecule has 2 rings (SSSR count). The van der Waals surface area contributed by atoms with Crippen molar-refractivity contribution in [1.29, 1.82) is 0 Å². The first-order valence-electron chi connectivity index (χ1n) is 6.71. The Bertz CT molecular complexity index is 707. The van der Waals surface area contributed by atoms with Gasteiger partial charge in [-0.25, -0.2) is 18.5 Å². The minimum absolute atomic E-state index is 0.133. The molecule has 1 aromatic carbocycles. The summed E-state index contributed by atoms with van der Waals surface area (Å²) >= 11 is 0. The molecule has 0 aliphatic heterocycles. The lowest BCUT2D eigenvalue weighted by atomic mass is 10.2. The summed E-state index contributed by atoms with van der Waals surface area (Å²) in [4.78, 5) is 4.28. The number of nitrogens with two attached hydrogens (primary N) is 1. The predicted molar refractivity (Wildman–Crippen MR) is 81.0 cm³/mol. The van der Waals surface area contributed by atoms with Crippen LogP contribution in [0.1, 0.15) is 31.1 Å². The second-order valence-corrected chi connectivity index (χ2v) is 6.74. The van der Waals surface area contributed by atoms with E-state index in [0.29, 0.717) is 19.1 Å². The van der Waals surface area contributed by atoms with Crippen molar-refractivity contribution in [1.82, 2.24) is 14.9 Å². The van der Waals surface area contributed by atoms with Crippen LogP contribution in [0.4, 0.5) is 0 Å². The first-order chi connectivity index (χ1) is 9.88. The molecule has 6 nitrogen and oxygen atoms in total. The van der Waals surface area contributed by atoms with Gasteiger partial charge in [-0.05, 0) is 31.5 Å². The molecular formula is C14H20N4O2S. The van der Waals surface area contributed by atoms with Crippen molar-refractivity contribution < 1.29 is 8.42 Å². The molecule has 0 unspecified atom stereocenters. The first kappa shape index (κ1) is 15.7. The van der Waals surface area contributed by atoms with Crippen LogP contribution in [-0.2, 0) is 23.1 Å². The summed E-state index contributed by atoms with van der Waals surface area (Å²) in [6.07, 6.45) is 3.64. The van der Waals surface area contributed by atoms with Crippen molar-refractivity contribution in [3.05, 3.63) is 48.0 Å². The lowest BCUT2D eigenvalue weighted by molar-refractivity contribution is 0.550. The number of nitrogens with zero attached hydrogens (tertiary/aromatic N) is 2. The van der Waals surface area contributed by atoms with E-state index in [1.54, 1.807) is 12.1 Å². The Balaban J connectivity index is 1.99. The summed E-state index contributed by atoms with van der Waals surface area (Å²) in [5, 5.41) is 8.41. The van der Waals surface area contributed by atoms with Gasteiger partial charge < -0.3 is 9.88 Å². The summed E-state index contributed by atoms with van der Waals surface area (Å²) in [5.74, 6) is 0. The average molecular weight is 308 g/mol. The summed E-state index contributed by atoms with van der Waals surface area (Å²) in [7, 11) is -3.65. The number of rotatable bonds is 6. The summed E-state index contributed by atoms with van der Waals surface area (Å²) in [5.41, 5.74) is 1.96. The minimum Gasteiger partial charge on any atom is -0.331 e. The zero-order chi connectivity index (χ0) is 15.5. The minimum atomic E-state index is -3.65. The van der Waals surface area contributed by atoms with Gasteiger partial charge in [0.25, 0.3) is 0 Å². The highest BCUT2D eigenvalue weighted by Crippen LogP contribution is 2.11. The Morgan fingerprint density at radius 3 is 2.76 bits per heavy atom.